The van der Waals surface area contributed by atoms with Crippen LogP contribution in [0.5, 0.6) is 5.75 Å². The fourth-order valence-electron chi connectivity index (χ4n) is 1.25. The fourth-order valence-corrected chi connectivity index (χ4v) is 1.25. The van der Waals surface area contributed by atoms with Crippen LogP contribution < -0.4 is 4.74 Å². The van der Waals surface area contributed by atoms with Gasteiger partial charge in [-0.1, -0.05) is 24.3 Å². The Morgan fingerprint density at radius 1 is 1.06 bits per heavy atom. The van der Waals surface area contributed by atoms with E-state index in [-0.39, 0.29) is 18.2 Å². The van der Waals surface area contributed by atoms with Gasteiger partial charge in [0.25, 0.3) is 0 Å². The lowest BCUT2D eigenvalue weighted by Crippen LogP contribution is -1.97. The molecule has 0 fully saturated rings. The van der Waals surface area contributed by atoms with Crippen LogP contribution >= 0.6 is 0 Å². The van der Waals surface area contributed by atoms with E-state index in [0.29, 0.717) is 0 Å². The van der Waals surface area contributed by atoms with Crippen molar-refractivity contribution < 1.29 is 13.5 Å². The number of hydrogen-bond acceptors (Lipinski definition) is 1. The first-order valence-electron chi connectivity index (χ1n) is 4.79. The molecule has 0 atom stereocenters. The molecule has 1 radical (unpaired) electrons. The quantitative estimate of drug-likeness (QED) is 0.769. The van der Waals surface area contributed by atoms with E-state index in [0.717, 1.165) is 5.56 Å². The summed E-state index contributed by atoms with van der Waals surface area (Å²) in [5.74, 6) is -0.681. The lowest BCUT2D eigenvalue weighted by molar-refractivity contribution is 0.290. The van der Waals surface area contributed by atoms with Gasteiger partial charge in [-0.2, -0.15) is 0 Å². The Labute approximate surface area is 92.3 Å². The summed E-state index contributed by atoms with van der Waals surface area (Å²) in [7, 11) is 0. The maximum atomic E-state index is 13.1. The minimum atomic E-state index is -0.524. The van der Waals surface area contributed by atoms with Crippen molar-refractivity contribution >= 4 is 0 Å². The third kappa shape index (κ3) is 2.57. The molecule has 0 aromatic heterocycles. The normalized spacial score (nSPS) is 10.1. The SMILES string of the molecule is Fc1ccc(COc2ccc[c]c2F)cc1. The van der Waals surface area contributed by atoms with E-state index < -0.39 is 5.82 Å². The first-order valence-corrected chi connectivity index (χ1v) is 4.79. The third-order valence-corrected chi connectivity index (χ3v) is 2.08. The average molecular weight is 219 g/mol. The van der Waals surface area contributed by atoms with E-state index in [1.165, 1.54) is 24.3 Å². The van der Waals surface area contributed by atoms with Gasteiger partial charge in [-0.25, -0.2) is 8.78 Å². The second-order valence-electron chi connectivity index (χ2n) is 3.26. The summed E-state index contributed by atoms with van der Waals surface area (Å²) < 4.78 is 31.0. The second-order valence-corrected chi connectivity index (χ2v) is 3.26. The van der Waals surface area contributed by atoms with Crippen LogP contribution in [0, 0.1) is 17.7 Å². The molecule has 0 bridgehead atoms. The zero-order valence-corrected chi connectivity index (χ0v) is 8.41. The van der Waals surface area contributed by atoms with Gasteiger partial charge in [-0.3, -0.25) is 0 Å². The molecule has 0 spiro atoms. The van der Waals surface area contributed by atoms with Crippen molar-refractivity contribution in [3.05, 3.63) is 65.7 Å². The van der Waals surface area contributed by atoms with E-state index in [2.05, 4.69) is 6.07 Å². The van der Waals surface area contributed by atoms with Crippen LogP contribution in [0.4, 0.5) is 8.78 Å². The molecule has 0 saturated heterocycles. The first kappa shape index (κ1) is 10.6. The maximum absolute atomic E-state index is 13.1. The summed E-state index contributed by atoms with van der Waals surface area (Å²) in [6.07, 6.45) is 0. The summed E-state index contributed by atoms with van der Waals surface area (Å²) in [4.78, 5) is 0. The molecule has 2 aromatic rings. The van der Waals surface area contributed by atoms with E-state index in [4.69, 9.17) is 4.74 Å². The molecule has 0 unspecified atom stereocenters. The van der Waals surface area contributed by atoms with Gasteiger partial charge in [-0.05, 0) is 23.8 Å². The Morgan fingerprint density at radius 3 is 2.50 bits per heavy atom. The van der Waals surface area contributed by atoms with Gasteiger partial charge in [0.1, 0.15) is 12.4 Å². The molecule has 0 aliphatic carbocycles. The lowest BCUT2D eigenvalue weighted by Gasteiger charge is -2.06. The van der Waals surface area contributed by atoms with E-state index in [9.17, 15) is 8.78 Å². The predicted molar refractivity (Wildman–Crippen MR) is 56.0 cm³/mol. The Morgan fingerprint density at radius 2 is 1.81 bits per heavy atom. The maximum Gasteiger partial charge on any atom is 0.172 e. The van der Waals surface area contributed by atoms with Crippen molar-refractivity contribution in [1.82, 2.24) is 0 Å². The van der Waals surface area contributed by atoms with Gasteiger partial charge in [-0.15, -0.1) is 0 Å². The fraction of sp³-hybridized carbons (Fsp3) is 0.0769. The molecular formula is C13H9F2O. The van der Waals surface area contributed by atoms with Crippen LogP contribution in [0.25, 0.3) is 0 Å². The summed E-state index contributed by atoms with van der Waals surface area (Å²) >= 11 is 0. The smallest absolute Gasteiger partial charge is 0.172 e. The molecule has 16 heavy (non-hydrogen) atoms. The topological polar surface area (TPSA) is 9.23 Å². The van der Waals surface area contributed by atoms with Gasteiger partial charge in [0.2, 0.25) is 0 Å². The van der Waals surface area contributed by atoms with E-state index in [1.54, 1.807) is 18.2 Å². The van der Waals surface area contributed by atoms with Gasteiger partial charge in [0.15, 0.2) is 11.6 Å². The van der Waals surface area contributed by atoms with Crippen LogP contribution in [0.15, 0.2) is 42.5 Å². The van der Waals surface area contributed by atoms with Gasteiger partial charge in [0.05, 0.1) is 0 Å². The molecule has 0 saturated carbocycles. The number of hydrogen-bond donors (Lipinski definition) is 0. The van der Waals surface area contributed by atoms with Crippen LogP contribution in [0.1, 0.15) is 5.56 Å². The lowest BCUT2D eigenvalue weighted by atomic mass is 10.2. The monoisotopic (exact) mass is 219 g/mol. The highest BCUT2D eigenvalue weighted by Gasteiger charge is 2.02. The van der Waals surface area contributed by atoms with Crippen molar-refractivity contribution in [3.63, 3.8) is 0 Å². The number of ether oxygens (including phenoxy) is 1. The molecule has 0 aliphatic rings. The third-order valence-electron chi connectivity index (χ3n) is 2.08. The molecule has 81 valence electrons. The number of halogens is 2. The summed E-state index contributed by atoms with van der Waals surface area (Å²) in [5, 5.41) is 0. The molecule has 0 N–H and O–H groups in total. The summed E-state index contributed by atoms with van der Waals surface area (Å²) in [5.41, 5.74) is 0.782. The summed E-state index contributed by atoms with van der Waals surface area (Å²) in [6.45, 7) is 0.203. The van der Waals surface area contributed by atoms with Crippen LogP contribution in [-0.4, -0.2) is 0 Å². The molecular weight excluding hydrogens is 210 g/mol. The Hall–Kier alpha value is -1.90. The predicted octanol–water partition coefficient (Wildman–Crippen LogP) is 3.34. The average Bonchev–Trinajstić information content (AvgIpc) is 2.30. The molecule has 0 aliphatic heterocycles. The molecule has 2 rings (SSSR count). The Bertz CT molecular complexity index is 466. The standard InChI is InChI=1S/C13H9F2O/c14-11-7-5-10(6-8-11)9-16-13-4-2-1-3-12(13)15/h1-2,4-8H,9H2. The zero-order valence-electron chi connectivity index (χ0n) is 8.41. The van der Waals surface area contributed by atoms with Crippen LogP contribution in [0.3, 0.4) is 0 Å². The van der Waals surface area contributed by atoms with Crippen LogP contribution in [0.2, 0.25) is 0 Å². The van der Waals surface area contributed by atoms with Gasteiger partial charge < -0.3 is 4.74 Å². The Kier molecular flexibility index (Phi) is 3.15. The van der Waals surface area contributed by atoms with Crippen LogP contribution in [-0.2, 0) is 6.61 Å². The van der Waals surface area contributed by atoms with Crippen molar-refractivity contribution in [2.24, 2.45) is 0 Å². The molecule has 0 heterocycles. The second kappa shape index (κ2) is 4.75. The van der Waals surface area contributed by atoms with Crippen molar-refractivity contribution in [3.8, 4) is 5.75 Å². The first-order chi connectivity index (χ1) is 7.75. The van der Waals surface area contributed by atoms with E-state index in [1.807, 2.05) is 0 Å². The van der Waals surface area contributed by atoms with Crippen molar-refractivity contribution in [2.75, 3.05) is 0 Å². The highest BCUT2D eigenvalue weighted by molar-refractivity contribution is 5.23. The number of benzene rings is 2. The highest BCUT2D eigenvalue weighted by Crippen LogP contribution is 2.16. The zero-order chi connectivity index (χ0) is 11.4. The van der Waals surface area contributed by atoms with Gasteiger partial charge in [0, 0.05) is 6.07 Å². The summed E-state index contributed by atoms with van der Waals surface area (Å²) in [6, 6.07) is 12.9. The molecule has 0 amide bonds. The van der Waals surface area contributed by atoms with Crippen molar-refractivity contribution in [2.45, 2.75) is 6.61 Å². The minimum Gasteiger partial charge on any atom is -0.486 e. The number of rotatable bonds is 3. The molecule has 1 nitrogen and oxygen atoms in total. The highest BCUT2D eigenvalue weighted by atomic mass is 19.1. The van der Waals surface area contributed by atoms with Gasteiger partial charge >= 0.3 is 0 Å². The van der Waals surface area contributed by atoms with E-state index >= 15 is 0 Å². The molecule has 2 aromatic carbocycles. The Balaban J connectivity index is 2.02. The largest absolute Gasteiger partial charge is 0.486 e. The minimum absolute atomic E-state index is 0.145. The van der Waals surface area contributed by atoms with Crippen molar-refractivity contribution in [1.29, 1.82) is 0 Å². The molecule has 3 heteroatoms.